The summed E-state index contributed by atoms with van der Waals surface area (Å²) in [5, 5.41) is 9.69. The highest BCUT2D eigenvalue weighted by atomic mass is 16.3. The van der Waals surface area contributed by atoms with E-state index in [-0.39, 0.29) is 6.10 Å². The summed E-state index contributed by atoms with van der Waals surface area (Å²) in [5.41, 5.74) is 0. The van der Waals surface area contributed by atoms with E-state index in [1.165, 1.54) is 12.8 Å². The fourth-order valence-electron chi connectivity index (χ4n) is 3.30. The van der Waals surface area contributed by atoms with Crippen LogP contribution in [0.2, 0.25) is 0 Å². The van der Waals surface area contributed by atoms with Crippen molar-refractivity contribution >= 4 is 0 Å². The Morgan fingerprint density at radius 3 is 2.15 bits per heavy atom. The van der Waals surface area contributed by atoms with Gasteiger partial charge in [0.1, 0.15) is 0 Å². The number of hydrogen-bond donors (Lipinski definition) is 1. The Bertz CT molecular complexity index is 153. The number of hydrogen-bond acceptors (Lipinski definition) is 2. The van der Waals surface area contributed by atoms with Gasteiger partial charge in [0.05, 0.1) is 6.10 Å². The van der Waals surface area contributed by atoms with E-state index in [0.717, 1.165) is 25.3 Å². The number of fused-ring (bicyclic) bond motifs is 2. The maximum atomic E-state index is 9.69. The molecule has 2 rings (SSSR count). The lowest BCUT2D eigenvalue weighted by Crippen LogP contribution is -2.54. The Morgan fingerprint density at radius 1 is 1.15 bits per heavy atom. The van der Waals surface area contributed by atoms with Crippen LogP contribution in [0.3, 0.4) is 0 Å². The molecule has 0 spiro atoms. The van der Waals surface area contributed by atoms with Crippen LogP contribution in [0.15, 0.2) is 0 Å². The van der Waals surface area contributed by atoms with Gasteiger partial charge >= 0.3 is 0 Å². The minimum absolute atomic E-state index is 0.0229. The van der Waals surface area contributed by atoms with Crippen LogP contribution in [0.4, 0.5) is 0 Å². The molecule has 0 amide bonds. The molecule has 0 aromatic heterocycles. The highest BCUT2D eigenvalue weighted by molar-refractivity contribution is 4.93. The molecule has 2 unspecified atom stereocenters. The molecule has 2 atom stereocenters. The first-order chi connectivity index (χ1) is 6.20. The van der Waals surface area contributed by atoms with Gasteiger partial charge in [0.2, 0.25) is 0 Å². The molecular formula is C11H21NO. The summed E-state index contributed by atoms with van der Waals surface area (Å²) >= 11 is 0. The molecule has 2 fully saturated rings. The summed E-state index contributed by atoms with van der Waals surface area (Å²) in [6.07, 6.45) is 4.58. The van der Waals surface area contributed by atoms with Crippen LogP contribution in [0.5, 0.6) is 0 Å². The Labute approximate surface area is 80.9 Å². The van der Waals surface area contributed by atoms with Crippen LogP contribution in [-0.4, -0.2) is 34.7 Å². The van der Waals surface area contributed by atoms with Gasteiger partial charge in [-0.2, -0.15) is 0 Å². The summed E-state index contributed by atoms with van der Waals surface area (Å²) < 4.78 is 0. The minimum atomic E-state index is -0.0229. The molecule has 0 aliphatic carbocycles. The third-order valence-corrected chi connectivity index (χ3v) is 3.74. The molecule has 2 aliphatic rings. The predicted octanol–water partition coefficient (Wildman–Crippen LogP) is 1.63. The number of rotatable bonds is 1. The van der Waals surface area contributed by atoms with Gasteiger partial charge in [0.25, 0.3) is 0 Å². The third-order valence-electron chi connectivity index (χ3n) is 3.74. The molecule has 0 aromatic carbocycles. The average molecular weight is 183 g/mol. The Balaban J connectivity index is 2.09. The van der Waals surface area contributed by atoms with Gasteiger partial charge < -0.3 is 5.11 Å². The monoisotopic (exact) mass is 183 g/mol. The average Bonchev–Trinajstić information content (AvgIpc) is 2.01. The number of aliphatic hydroxyl groups is 1. The largest absolute Gasteiger partial charge is 0.393 e. The van der Waals surface area contributed by atoms with Crippen molar-refractivity contribution in [3.63, 3.8) is 0 Å². The summed E-state index contributed by atoms with van der Waals surface area (Å²) in [6.45, 7) is 5.76. The van der Waals surface area contributed by atoms with Crippen molar-refractivity contribution in [2.75, 3.05) is 6.54 Å². The Morgan fingerprint density at radius 2 is 1.69 bits per heavy atom. The molecule has 1 N–H and O–H groups in total. The van der Waals surface area contributed by atoms with Gasteiger partial charge in [-0.1, -0.05) is 13.8 Å². The maximum Gasteiger partial charge on any atom is 0.0570 e. The van der Waals surface area contributed by atoms with E-state index in [2.05, 4.69) is 18.7 Å². The first kappa shape index (κ1) is 9.47. The minimum Gasteiger partial charge on any atom is -0.393 e. The van der Waals surface area contributed by atoms with E-state index >= 15 is 0 Å². The Kier molecular flexibility index (Phi) is 2.61. The lowest BCUT2D eigenvalue weighted by Gasteiger charge is -2.49. The maximum absolute atomic E-state index is 9.69. The number of aliphatic hydroxyl groups excluding tert-OH is 1. The summed E-state index contributed by atoms with van der Waals surface area (Å²) in [6, 6.07) is 1.34. The van der Waals surface area contributed by atoms with Gasteiger partial charge in [-0.05, 0) is 38.1 Å². The smallest absolute Gasteiger partial charge is 0.0570 e. The highest BCUT2D eigenvalue weighted by Gasteiger charge is 2.38. The second-order valence-electron chi connectivity index (χ2n) is 4.84. The molecular weight excluding hydrogens is 162 g/mol. The standard InChI is InChI=1S/C11H21NO/c1-3-12-9-4-8(2)5-10(12)7-11(13)6-9/h8-11,13H,3-7H2,1-2H3. The van der Waals surface area contributed by atoms with Crippen molar-refractivity contribution in [2.24, 2.45) is 5.92 Å². The molecule has 2 bridgehead atoms. The van der Waals surface area contributed by atoms with Gasteiger partial charge in [0.15, 0.2) is 0 Å². The van der Waals surface area contributed by atoms with Crippen molar-refractivity contribution < 1.29 is 5.11 Å². The molecule has 13 heavy (non-hydrogen) atoms. The second kappa shape index (κ2) is 3.58. The van der Waals surface area contributed by atoms with E-state index in [4.69, 9.17) is 0 Å². The van der Waals surface area contributed by atoms with E-state index in [0.29, 0.717) is 12.1 Å². The highest BCUT2D eigenvalue weighted by Crippen LogP contribution is 2.36. The van der Waals surface area contributed by atoms with Crippen LogP contribution in [-0.2, 0) is 0 Å². The third kappa shape index (κ3) is 1.75. The topological polar surface area (TPSA) is 23.5 Å². The molecule has 2 nitrogen and oxygen atoms in total. The zero-order chi connectivity index (χ0) is 9.42. The molecule has 2 heteroatoms. The molecule has 0 radical (unpaired) electrons. The fourth-order valence-corrected chi connectivity index (χ4v) is 3.30. The number of piperidine rings is 2. The van der Waals surface area contributed by atoms with E-state index < -0.39 is 0 Å². The summed E-state index contributed by atoms with van der Waals surface area (Å²) in [5.74, 6) is 0.866. The van der Waals surface area contributed by atoms with Gasteiger partial charge in [0, 0.05) is 12.1 Å². The fraction of sp³-hybridized carbons (Fsp3) is 1.00. The SMILES string of the molecule is CCN1C2CC(C)CC1CC(O)C2. The van der Waals surface area contributed by atoms with Crippen LogP contribution < -0.4 is 0 Å². The van der Waals surface area contributed by atoms with Gasteiger partial charge in [-0.25, -0.2) is 0 Å². The molecule has 2 heterocycles. The van der Waals surface area contributed by atoms with Gasteiger partial charge in [-0.3, -0.25) is 4.90 Å². The zero-order valence-electron chi connectivity index (χ0n) is 8.74. The van der Waals surface area contributed by atoms with E-state index in [1.807, 2.05) is 0 Å². The summed E-state index contributed by atoms with van der Waals surface area (Å²) in [4.78, 5) is 2.60. The quantitative estimate of drug-likeness (QED) is 0.668. The van der Waals surface area contributed by atoms with Crippen LogP contribution in [0.1, 0.15) is 39.5 Å². The van der Waals surface area contributed by atoms with Crippen molar-refractivity contribution in [3.8, 4) is 0 Å². The van der Waals surface area contributed by atoms with Crippen molar-refractivity contribution in [1.29, 1.82) is 0 Å². The first-order valence-electron chi connectivity index (χ1n) is 5.64. The molecule has 76 valence electrons. The van der Waals surface area contributed by atoms with E-state index in [9.17, 15) is 5.11 Å². The van der Waals surface area contributed by atoms with Crippen LogP contribution in [0, 0.1) is 5.92 Å². The van der Waals surface area contributed by atoms with Crippen molar-refractivity contribution in [3.05, 3.63) is 0 Å². The normalized spacial score (nSPS) is 46.4. The molecule has 0 aromatic rings. The van der Waals surface area contributed by atoms with E-state index in [1.54, 1.807) is 0 Å². The number of nitrogens with zero attached hydrogens (tertiary/aromatic N) is 1. The van der Waals surface area contributed by atoms with Gasteiger partial charge in [-0.15, -0.1) is 0 Å². The lowest BCUT2D eigenvalue weighted by molar-refractivity contribution is -0.0376. The van der Waals surface area contributed by atoms with Crippen LogP contribution in [0.25, 0.3) is 0 Å². The molecule has 2 saturated heterocycles. The first-order valence-corrected chi connectivity index (χ1v) is 5.64. The molecule has 2 aliphatic heterocycles. The zero-order valence-corrected chi connectivity index (χ0v) is 8.74. The molecule has 0 saturated carbocycles. The lowest BCUT2D eigenvalue weighted by atomic mass is 9.78. The predicted molar refractivity (Wildman–Crippen MR) is 53.6 cm³/mol. The van der Waals surface area contributed by atoms with Crippen molar-refractivity contribution in [1.82, 2.24) is 4.90 Å². The Hall–Kier alpha value is -0.0800. The van der Waals surface area contributed by atoms with Crippen LogP contribution >= 0.6 is 0 Å². The van der Waals surface area contributed by atoms with Crippen molar-refractivity contribution in [2.45, 2.75) is 57.7 Å². The second-order valence-corrected chi connectivity index (χ2v) is 4.84. The summed E-state index contributed by atoms with van der Waals surface area (Å²) in [7, 11) is 0.